The molecular formula is C17H25N3. The Morgan fingerprint density at radius 1 is 1.00 bits per heavy atom. The van der Waals surface area contributed by atoms with E-state index < -0.39 is 0 Å². The number of unbranched alkanes of at least 4 members (excludes halogenated alkanes) is 2. The van der Waals surface area contributed by atoms with Gasteiger partial charge in [0.25, 0.3) is 0 Å². The van der Waals surface area contributed by atoms with Crippen molar-refractivity contribution in [1.29, 1.82) is 0 Å². The molecule has 0 amide bonds. The summed E-state index contributed by atoms with van der Waals surface area (Å²) in [6.45, 7) is 2.20. The number of anilines is 1. The molecule has 3 heteroatoms. The summed E-state index contributed by atoms with van der Waals surface area (Å²) in [4.78, 5) is 7.63. The van der Waals surface area contributed by atoms with E-state index in [1.165, 1.54) is 42.6 Å². The van der Waals surface area contributed by atoms with E-state index in [2.05, 4.69) is 47.2 Å². The van der Waals surface area contributed by atoms with Gasteiger partial charge in [0.15, 0.2) is 5.95 Å². The number of hydrogen-bond acceptors (Lipinski definition) is 2. The van der Waals surface area contributed by atoms with E-state index in [-0.39, 0.29) is 0 Å². The monoisotopic (exact) mass is 271 g/mol. The lowest BCUT2D eigenvalue weighted by Gasteiger charge is -2.03. The summed E-state index contributed by atoms with van der Waals surface area (Å²) in [6.07, 6.45) is 8.00. The molecule has 0 spiro atoms. The van der Waals surface area contributed by atoms with Gasteiger partial charge in [-0.2, -0.15) is 0 Å². The molecule has 0 bridgehead atoms. The number of aromatic amines is 1. The van der Waals surface area contributed by atoms with E-state index in [1.54, 1.807) is 0 Å². The second-order valence-corrected chi connectivity index (χ2v) is 5.34. The van der Waals surface area contributed by atoms with E-state index in [0.717, 1.165) is 19.3 Å². The molecular weight excluding hydrogens is 246 g/mol. The minimum Gasteiger partial charge on any atom is -0.369 e. The Bertz CT molecular complexity index is 502. The molecule has 0 saturated carbocycles. The highest BCUT2D eigenvalue weighted by Crippen LogP contribution is 2.15. The normalized spacial score (nSPS) is 10.8. The Labute approximate surface area is 121 Å². The van der Waals surface area contributed by atoms with Crippen LogP contribution < -0.4 is 5.73 Å². The van der Waals surface area contributed by atoms with Crippen molar-refractivity contribution in [2.75, 3.05) is 5.73 Å². The van der Waals surface area contributed by atoms with Crippen LogP contribution >= 0.6 is 0 Å². The molecule has 1 heterocycles. The fraction of sp³-hybridized carbons (Fsp3) is 0.471. The van der Waals surface area contributed by atoms with Crippen LogP contribution in [0.2, 0.25) is 0 Å². The number of H-pyrrole nitrogens is 1. The maximum atomic E-state index is 5.78. The van der Waals surface area contributed by atoms with Gasteiger partial charge in [-0.1, -0.05) is 43.7 Å². The molecule has 0 aliphatic heterocycles. The van der Waals surface area contributed by atoms with Crippen LogP contribution in [0.3, 0.4) is 0 Å². The van der Waals surface area contributed by atoms with Gasteiger partial charge in [-0.05, 0) is 44.1 Å². The van der Waals surface area contributed by atoms with Crippen molar-refractivity contribution < 1.29 is 0 Å². The van der Waals surface area contributed by atoms with Crippen molar-refractivity contribution >= 4 is 5.95 Å². The average Bonchev–Trinajstić information content (AvgIpc) is 2.82. The number of nitrogens with two attached hydrogens (primary N) is 1. The molecule has 3 nitrogen and oxygen atoms in total. The summed E-state index contributed by atoms with van der Waals surface area (Å²) in [5, 5.41) is 0. The van der Waals surface area contributed by atoms with Crippen molar-refractivity contribution in [2.24, 2.45) is 0 Å². The summed E-state index contributed by atoms with van der Waals surface area (Å²) in [6, 6.07) is 10.7. The van der Waals surface area contributed by atoms with Gasteiger partial charge in [-0.25, -0.2) is 4.98 Å². The lowest BCUT2D eigenvalue weighted by molar-refractivity contribution is 0.709. The van der Waals surface area contributed by atoms with Crippen molar-refractivity contribution in [1.82, 2.24) is 9.97 Å². The molecule has 0 radical (unpaired) electrons. The molecule has 0 unspecified atom stereocenters. The Morgan fingerprint density at radius 2 is 1.75 bits per heavy atom. The van der Waals surface area contributed by atoms with Gasteiger partial charge in [-0.3, -0.25) is 0 Å². The lowest BCUT2D eigenvalue weighted by Crippen LogP contribution is -1.95. The second kappa shape index (κ2) is 7.73. The van der Waals surface area contributed by atoms with Gasteiger partial charge >= 0.3 is 0 Å². The van der Waals surface area contributed by atoms with Gasteiger partial charge in [-0.15, -0.1) is 0 Å². The molecule has 1 aromatic carbocycles. The van der Waals surface area contributed by atoms with E-state index >= 15 is 0 Å². The summed E-state index contributed by atoms with van der Waals surface area (Å²) in [5.74, 6) is 0.564. The minimum atomic E-state index is 0.564. The number of hydrogen-bond donors (Lipinski definition) is 2. The van der Waals surface area contributed by atoms with Crippen LogP contribution in [0.25, 0.3) is 0 Å². The topological polar surface area (TPSA) is 54.7 Å². The molecule has 3 N–H and O–H groups in total. The molecule has 0 aliphatic carbocycles. The number of rotatable bonds is 8. The molecule has 0 atom stereocenters. The Morgan fingerprint density at radius 3 is 2.50 bits per heavy atom. The first-order valence-corrected chi connectivity index (χ1v) is 7.66. The van der Waals surface area contributed by atoms with E-state index in [1.807, 2.05) is 0 Å². The van der Waals surface area contributed by atoms with Gasteiger partial charge in [0.1, 0.15) is 0 Å². The largest absolute Gasteiger partial charge is 0.369 e. The molecule has 0 fully saturated rings. The highest BCUT2D eigenvalue weighted by atomic mass is 15.0. The Hall–Kier alpha value is -1.77. The summed E-state index contributed by atoms with van der Waals surface area (Å²) < 4.78 is 0. The second-order valence-electron chi connectivity index (χ2n) is 5.34. The number of nitrogen functional groups attached to an aromatic ring is 1. The van der Waals surface area contributed by atoms with Gasteiger partial charge in [0.05, 0.1) is 5.69 Å². The zero-order valence-electron chi connectivity index (χ0n) is 12.4. The standard InChI is InChI=1S/C17H25N3/c1-2-3-12-15-16(20-17(18)19-15)13-8-7-11-14-9-5-4-6-10-14/h4-6,9-10H,2-3,7-8,11-13H2,1H3,(H3,18,19,20). The third kappa shape index (κ3) is 4.41. The summed E-state index contributed by atoms with van der Waals surface area (Å²) >= 11 is 0. The highest BCUT2D eigenvalue weighted by Gasteiger charge is 2.07. The molecule has 108 valence electrons. The van der Waals surface area contributed by atoms with Gasteiger partial charge in [0.2, 0.25) is 0 Å². The fourth-order valence-electron chi connectivity index (χ4n) is 2.50. The van der Waals surface area contributed by atoms with Crippen molar-refractivity contribution in [3.05, 3.63) is 47.3 Å². The Balaban J connectivity index is 1.78. The minimum absolute atomic E-state index is 0.564. The zero-order valence-corrected chi connectivity index (χ0v) is 12.4. The quantitative estimate of drug-likeness (QED) is 0.715. The van der Waals surface area contributed by atoms with Crippen LogP contribution in [0, 0.1) is 0 Å². The number of nitrogens with zero attached hydrogens (tertiary/aromatic N) is 1. The fourth-order valence-corrected chi connectivity index (χ4v) is 2.50. The van der Waals surface area contributed by atoms with E-state index in [4.69, 9.17) is 5.73 Å². The van der Waals surface area contributed by atoms with Crippen molar-refractivity contribution in [2.45, 2.75) is 51.9 Å². The highest BCUT2D eigenvalue weighted by molar-refractivity contribution is 5.26. The van der Waals surface area contributed by atoms with Crippen LogP contribution in [0.1, 0.15) is 49.6 Å². The zero-order chi connectivity index (χ0) is 14.2. The van der Waals surface area contributed by atoms with Gasteiger partial charge in [0, 0.05) is 5.69 Å². The molecule has 2 aromatic rings. The smallest absolute Gasteiger partial charge is 0.197 e. The average molecular weight is 271 g/mol. The number of aromatic nitrogens is 2. The molecule has 0 aliphatic rings. The van der Waals surface area contributed by atoms with E-state index in [9.17, 15) is 0 Å². The maximum absolute atomic E-state index is 5.78. The Kier molecular flexibility index (Phi) is 5.66. The maximum Gasteiger partial charge on any atom is 0.197 e. The molecule has 1 aromatic heterocycles. The van der Waals surface area contributed by atoms with Crippen LogP contribution in [0.15, 0.2) is 30.3 Å². The summed E-state index contributed by atoms with van der Waals surface area (Å²) in [7, 11) is 0. The van der Waals surface area contributed by atoms with Gasteiger partial charge < -0.3 is 10.7 Å². The lowest BCUT2D eigenvalue weighted by atomic mass is 10.0. The predicted octanol–water partition coefficient (Wildman–Crippen LogP) is 3.90. The number of imidazole rings is 1. The number of aryl methyl sites for hydroxylation is 3. The molecule has 0 saturated heterocycles. The van der Waals surface area contributed by atoms with Crippen LogP contribution in [0.5, 0.6) is 0 Å². The van der Waals surface area contributed by atoms with Crippen LogP contribution in [-0.4, -0.2) is 9.97 Å². The van der Waals surface area contributed by atoms with Crippen LogP contribution in [0.4, 0.5) is 5.95 Å². The van der Waals surface area contributed by atoms with Crippen molar-refractivity contribution in [3.8, 4) is 0 Å². The molecule has 20 heavy (non-hydrogen) atoms. The first-order valence-electron chi connectivity index (χ1n) is 7.66. The van der Waals surface area contributed by atoms with Crippen molar-refractivity contribution in [3.63, 3.8) is 0 Å². The first kappa shape index (κ1) is 14.6. The number of benzene rings is 1. The molecule has 2 rings (SSSR count). The van der Waals surface area contributed by atoms with E-state index in [0.29, 0.717) is 5.95 Å². The third-order valence-electron chi connectivity index (χ3n) is 3.63. The summed E-state index contributed by atoms with van der Waals surface area (Å²) in [5.41, 5.74) is 9.61. The van der Waals surface area contributed by atoms with Crippen LogP contribution in [-0.2, 0) is 19.3 Å². The SMILES string of the molecule is CCCCc1nc(N)[nH]c1CCCCc1ccccc1. The first-order chi connectivity index (χ1) is 9.79. The third-order valence-corrected chi connectivity index (χ3v) is 3.63. The predicted molar refractivity (Wildman–Crippen MR) is 84.7 cm³/mol. The number of nitrogens with one attached hydrogen (secondary N) is 1.